The molecule has 4 aromatic rings. The quantitative estimate of drug-likeness (QED) is 0.469. The second-order valence-corrected chi connectivity index (χ2v) is 6.55. The highest BCUT2D eigenvalue weighted by atomic mass is 15.0. The number of benzene rings is 3. The number of aryl methyl sites for hydroxylation is 2. The first-order chi connectivity index (χ1) is 12.7. The van der Waals surface area contributed by atoms with E-state index in [1.165, 1.54) is 39.1 Å². The number of nitrogens with zero attached hydrogens (tertiary/aromatic N) is 2. The largest absolute Gasteiger partial charge is 0.286 e. The Bertz CT molecular complexity index is 1040. The average molecular weight is 337 g/mol. The lowest BCUT2D eigenvalue weighted by Gasteiger charge is -2.10. The molecular formula is C24H21N2+. The van der Waals surface area contributed by atoms with Gasteiger partial charge in [-0.25, -0.2) is 4.57 Å². The van der Waals surface area contributed by atoms with Crippen molar-refractivity contribution in [3.63, 3.8) is 0 Å². The van der Waals surface area contributed by atoms with Crippen LogP contribution in [-0.2, 0) is 7.05 Å². The molecule has 3 aromatic carbocycles. The van der Waals surface area contributed by atoms with Gasteiger partial charge in [0.1, 0.15) is 11.9 Å². The molecule has 126 valence electrons. The second kappa shape index (κ2) is 6.93. The first-order valence-electron chi connectivity index (χ1n) is 8.79. The zero-order valence-corrected chi connectivity index (χ0v) is 15.1. The predicted octanol–water partition coefficient (Wildman–Crippen LogP) is 5.22. The summed E-state index contributed by atoms with van der Waals surface area (Å²) >= 11 is 0. The highest BCUT2D eigenvalue weighted by Gasteiger charge is 2.11. The molecule has 1 aromatic heterocycles. The Morgan fingerprint density at radius 2 is 1.31 bits per heavy atom. The summed E-state index contributed by atoms with van der Waals surface area (Å²) in [5.74, 6) is 0. The topological polar surface area (TPSA) is 16.8 Å². The SMILES string of the molecule is Cc1ccc(-c2ccc(-c3ccccc3)cc2)cc1-c1ccnc[n+]1C. The van der Waals surface area contributed by atoms with Crippen LogP contribution in [0, 0.1) is 6.92 Å². The van der Waals surface area contributed by atoms with Crippen LogP contribution in [0.4, 0.5) is 0 Å². The van der Waals surface area contributed by atoms with E-state index in [-0.39, 0.29) is 0 Å². The molecule has 0 atom stereocenters. The molecule has 0 fully saturated rings. The van der Waals surface area contributed by atoms with Gasteiger partial charge in [-0.1, -0.05) is 71.7 Å². The molecular weight excluding hydrogens is 316 g/mol. The van der Waals surface area contributed by atoms with Gasteiger partial charge in [0.25, 0.3) is 6.33 Å². The minimum absolute atomic E-state index is 1.17. The predicted molar refractivity (Wildman–Crippen MR) is 106 cm³/mol. The summed E-state index contributed by atoms with van der Waals surface area (Å²) in [6.45, 7) is 2.15. The standard InChI is InChI=1S/C24H21N2/c1-18-8-9-22(16-23(18)24-14-15-25-17-26(24)2)21-12-10-20(11-13-21)19-6-4-3-5-7-19/h3-17H,1-2H3/q+1. The normalized spacial score (nSPS) is 10.7. The fraction of sp³-hybridized carbons (Fsp3) is 0.0833. The lowest BCUT2D eigenvalue weighted by molar-refractivity contribution is -0.663. The van der Waals surface area contributed by atoms with Crippen molar-refractivity contribution in [1.29, 1.82) is 0 Å². The van der Waals surface area contributed by atoms with Crippen molar-refractivity contribution in [2.75, 3.05) is 0 Å². The van der Waals surface area contributed by atoms with E-state index < -0.39 is 0 Å². The molecule has 0 aliphatic rings. The Balaban J connectivity index is 1.73. The van der Waals surface area contributed by atoms with E-state index in [1.54, 1.807) is 0 Å². The van der Waals surface area contributed by atoms with Gasteiger partial charge in [-0.05, 0) is 40.8 Å². The summed E-state index contributed by atoms with van der Waals surface area (Å²) in [7, 11) is 2.03. The lowest BCUT2D eigenvalue weighted by atomic mass is 9.96. The maximum atomic E-state index is 4.18. The Morgan fingerprint density at radius 3 is 2.00 bits per heavy atom. The smallest absolute Gasteiger partial charge is 0.233 e. The zero-order valence-electron chi connectivity index (χ0n) is 15.1. The summed E-state index contributed by atoms with van der Waals surface area (Å²) in [5, 5.41) is 0. The van der Waals surface area contributed by atoms with E-state index in [2.05, 4.69) is 89.3 Å². The Hall–Kier alpha value is -3.26. The summed E-state index contributed by atoms with van der Waals surface area (Å²) in [6.07, 6.45) is 3.69. The van der Waals surface area contributed by atoms with Gasteiger partial charge in [-0.2, -0.15) is 0 Å². The van der Waals surface area contributed by atoms with Crippen molar-refractivity contribution in [2.45, 2.75) is 6.92 Å². The average Bonchev–Trinajstić information content (AvgIpc) is 2.70. The first-order valence-corrected chi connectivity index (χ1v) is 8.79. The van der Waals surface area contributed by atoms with E-state index in [4.69, 9.17) is 0 Å². The first kappa shape index (κ1) is 16.2. The van der Waals surface area contributed by atoms with Gasteiger partial charge in [0.2, 0.25) is 0 Å². The van der Waals surface area contributed by atoms with E-state index in [1.807, 2.05) is 25.6 Å². The van der Waals surface area contributed by atoms with Gasteiger partial charge in [-0.15, -0.1) is 0 Å². The van der Waals surface area contributed by atoms with Gasteiger partial charge in [-0.3, -0.25) is 0 Å². The van der Waals surface area contributed by atoms with Gasteiger partial charge in [0.05, 0.1) is 7.05 Å². The highest BCUT2D eigenvalue weighted by Crippen LogP contribution is 2.29. The van der Waals surface area contributed by atoms with Crippen molar-refractivity contribution >= 4 is 0 Å². The fourth-order valence-corrected chi connectivity index (χ4v) is 3.27. The van der Waals surface area contributed by atoms with Gasteiger partial charge in [0.15, 0.2) is 0 Å². The fourth-order valence-electron chi connectivity index (χ4n) is 3.27. The molecule has 26 heavy (non-hydrogen) atoms. The van der Waals surface area contributed by atoms with E-state index in [0.717, 1.165) is 0 Å². The summed E-state index contributed by atoms with van der Waals surface area (Å²) in [4.78, 5) is 4.18. The lowest BCUT2D eigenvalue weighted by Crippen LogP contribution is -2.31. The molecule has 0 bridgehead atoms. The zero-order chi connectivity index (χ0) is 17.9. The summed E-state index contributed by atoms with van der Waals surface area (Å²) < 4.78 is 2.06. The molecule has 0 saturated carbocycles. The number of hydrogen-bond acceptors (Lipinski definition) is 1. The Morgan fingerprint density at radius 1 is 0.692 bits per heavy atom. The van der Waals surface area contributed by atoms with Gasteiger partial charge >= 0.3 is 0 Å². The molecule has 0 saturated heterocycles. The van der Waals surface area contributed by atoms with Crippen molar-refractivity contribution in [3.05, 3.63) is 97.0 Å². The monoisotopic (exact) mass is 337 g/mol. The van der Waals surface area contributed by atoms with Gasteiger partial charge < -0.3 is 0 Å². The third-order valence-electron chi connectivity index (χ3n) is 4.78. The van der Waals surface area contributed by atoms with Crippen molar-refractivity contribution in [3.8, 4) is 33.5 Å². The van der Waals surface area contributed by atoms with Crippen molar-refractivity contribution in [2.24, 2.45) is 7.05 Å². The number of aromatic nitrogens is 2. The van der Waals surface area contributed by atoms with E-state index in [0.29, 0.717) is 0 Å². The number of hydrogen-bond donors (Lipinski definition) is 0. The van der Waals surface area contributed by atoms with Crippen LogP contribution in [0.15, 0.2) is 91.4 Å². The molecule has 0 unspecified atom stereocenters. The Kier molecular flexibility index (Phi) is 4.32. The maximum Gasteiger partial charge on any atom is 0.286 e. The molecule has 4 rings (SSSR count). The van der Waals surface area contributed by atoms with Crippen LogP contribution in [0.25, 0.3) is 33.5 Å². The molecule has 0 amide bonds. The van der Waals surface area contributed by atoms with Crippen LogP contribution in [0.5, 0.6) is 0 Å². The molecule has 0 N–H and O–H groups in total. The summed E-state index contributed by atoms with van der Waals surface area (Å²) in [5.41, 5.74) is 8.59. The molecule has 2 nitrogen and oxygen atoms in total. The van der Waals surface area contributed by atoms with Crippen LogP contribution in [0.3, 0.4) is 0 Å². The van der Waals surface area contributed by atoms with Crippen LogP contribution in [0.1, 0.15) is 5.56 Å². The van der Waals surface area contributed by atoms with Crippen LogP contribution in [-0.4, -0.2) is 4.98 Å². The third kappa shape index (κ3) is 3.14. The van der Waals surface area contributed by atoms with Crippen LogP contribution < -0.4 is 4.57 Å². The number of rotatable bonds is 3. The molecule has 0 aliphatic heterocycles. The van der Waals surface area contributed by atoms with Crippen LogP contribution >= 0.6 is 0 Å². The molecule has 2 heteroatoms. The second-order valence-electron chi connectivity index (χ2n) is 6.55. The molecule has 0 aliphatic carbocycles. The van der Waals surface area contributed by atoms with Crippen molar-refractivity contribution < 1.29 is 4.57 Å². The van der Waals surface area contributed by atoms with Gasteiger partial charge in [0, 0.05) is 11.6 Å². The minimum atomic E-state index is 1.17. The third-order valence-corrected chi connectivity index (χ3v) is 4.78. The maximum absolute atomic E-state index is 4.18. The highest BCUT2D eigenvalue weighted by molar-refractivity contribution is 5.75. The molecule has 0 radical (unpaired) electrons. The van der Waals surface area contributed by atoms with Crippen LogP contribution in [0.2, 0.25) is 0 Å². The Labute approximate surface area is 154 Å². The van der Waals surface area contributed by atoms with Crippen molar-refractivity contribution in [1.82, 2.24) is 4.98 Å². The molecule has 0 spiro atoms. The van der Waals surface area contributed by atoms with E-state index in [9.17, 15) is 0 Å². The molecule has 1 heterocycles. The minimum Gasteiger partial charge on any atom is -0.233 e. The van der Waals surface area contributed by atoms with E-state index >= 15 is 0 Å². The summed E-state index contributed by atoms with van der Waals surface area (Å²) in [6, 6.07) is 28.0.